The Balaban J connectivity index is 1.80. The Bertz CT molecular complexity index is 819. The van der Waals surface area contributed by atoms with Crippen molar-refractivity contribution >= 4 is 13.2 Å². The van der Waals surface area contributed by atoms with Crippen LogP contribution in [-0.2, 0) is 9.47 Å². The molecule has 0 saturated heterocycles. The minimum Gasteiger partial charge on any atom is -0.375 e. The molecule has 2 aliphatic rings. The number of hydrogen-bond donors (Lipinski definition) is 0. The molecule has 4 rings (SSSR count). The van der Waals surface area contributed by atoms with Crippen molar-refractivity contribution in [3.05, 3.63) is 54.6 Å². The van der Waals surface area contributed by atoms with Crippen molar-refractivity contribution in [2.45, 2.75) is 115 Å². The summed E-state index contributed by atoms with van der Waals surface area (Å²) < 4.78 is 13.3. The molecule has 33 heavy (non-hydrogen) atoms. The van der Waals surface area contributed by atoms with Crippen LogP contribution in [0.1, 0.15) is 79.1 Å². The third-order valence-electron chi connectivity index (χ3n) is 7.21. The lowest BCUT2D eigenvalue weighted by molar-refractivity contribution is -0.0150. The summed E-state index contributed by atoms with van der Waals surface area (Å²) in [7, 11) is -0.426. The average molecular weight is 467 g/mol. The summed E-state index contributed by atoms with van der Waals surface area (Å²) in [4.78, 5) is 0. The van der Waals surface area contributed by atoms with Gasteiger partial charge in [0.25, 0.3) is 0 Å². The van der Waals surface area contributed by atoms with Gasteiger partial charge in [0.1, 0.15) is 0 Å². The minimum absolute atomic E-state index is 0.283. The van der Waals surface area contributed by atoms with Crippen LogP contribution in [0.15, 0.2) is 54.6 Å². The molecule has 180 valence electrons. The number of benzene rings is 2. The van der Waals surface area contributed by atoms with Crippen molar-refractivity contribution in [3.63, 3.8) is 0 Å². The SMILES string of the molecule is CC(C)OC1CCCCC1P(c1ccccc1-c1ccccc1)C1CCCCC1OC(C)C. The molecule has 0 spiro atoms. The van der Waals surface area contributed by atoms with Gasteiger partial charge < -0.3 is 9.47 Å². The smallest absolute Gasteiger partial charge is 0.0649 e. The second-order valence-electron chi connectivity index (χ2n) is 10.4. The van der Waals surface area contributed by atoms with Crippen LogP contribution in [0.25, 0.3) is 11.1 Å². The monoisotopic (exact) mass is 466 g/mol. The van der Waals surface area contributed by atoms with Gasteiger partial charge in [0.2, 0.25) is 0 Å². The summed E-state index contributed by atoms with van der Waals surface area (Å²) in [5, 5.41) is 1.58. The molecular formula is C30H43O2P. The van der Waals surface area contributed by atoms with Gasteiger partial charge >= 0.3 is 0 Å². The zero-order chi connectivity index (χ0) is 23.2. The fourth-order valence-electron chi connectivity index (χ4n) is 5.97. The predicted molar refractivity (Wildman–Crippen MR) is 143 cm³/mol. The number of rotatable bonds is 8. The predicted octanol–water partition coefficient (Wildman–Crippen LogP) is 7.93. The molecule has 0 bridgehead atoms. The Labute approximate surface area is 203 Å². The summed E-state index contributed by atoms with van der Waals surface area (Å²) in [5.74, 6) is 0. The van der Waals surface area contributed by atoms with Crippen molar-refractivity contribution in [2.75, 3.05) is 0 Å². The van der Waals surface area contributed by atoms with Crippen LogP contribution < -0.4 is 5.30 Å². The van der Waals surface area contributed by atoms with Gasteiger partial charge in [-0.3, -0.25) is 0 Å². The second kappa shape index (κ2) is 12.0. The molecule has 4 unspecified atom stereocenters. The molecular weight excluding hydrogens is 423 g/mol. The third kappa shape index (κ3) is 6.27. The van der Waals surface area contributed by atoms with E-state index in [4.69, 9.17) is 9.47 Å². The zero-order valence-corrected chi connectivity index (χ0v) is 22.0. The van der Waals surface area contributed by atoms with Gasteiger partial charge in [-0.25, -0.2) is 0 Å². The Morgan fingerprint density at radius 3 is 1.67 bits per heavy atom. The van der Waals surface area contributed by atoms with Gasteiger partial charge in [0.15, 0.2) is 0 Å². The van der Waals surface area contributed by atoms with E-state index in [1.165, 1.54) is 62.5 Å². The van der Waals surface area contributed by atoms with Crippen molar-refractivity contribution in [1.29, 1.82) is 0 Å². The van der Waals surface area contributed by atoms with Gasteiger partial charge in [-0.05, 0) is 69.8 Å². The van der Waals surface area contributed by atoms with Gasteiger partial charge in [-0.2, -0.15) is 0 Å². The van der Waals surface area contributed by atoms with E-state index in [2.05, 4.69) is 82.3 Å². The molecule has 2 aromatic carbocycles. The Morgan fingerprint density at radius 2 is 1.12 bits per heavy atom. The maximum atomic E-state index is 6.63. The van der Waals surface area contributed by atoms with Crippen LogP contribution in [0, 0.1) is 0 Å². The first kappa shape index (κ1) is 24.9. The summed E-state index contributed by atoms with van der Waals surface area (Å²) in [6.07, 6.45) is 11.6. The highest BCUT2D eigenvalue weighted by molar-refractivity contribution is 7.67. The molecule has 2 saturated carbocycles. The first-order valence-electron chi connectivity index (χ1n) is 13.3. The van der Waals surface area contributed by atoms with Crippen molar-refractivity contribution < 1.29 is 9.47 Å². The molecule has 0 aromatic heterocycles. The molecule has 0 heterocycles. The Hall–Kier alpha value is -1.21. The molecule has 3 heteroatoms. The topological polar surface area (TPSA) is 18.5 Å². The highest BCUT2D eigenvalue weighted by atomic mass is 31.1. The summed E-state index contributed by atoms with van der Waals surface area (Å²) >= 11 is 0. The first-order chi connectivity index (χ1) is 16.0. The number of ether oxygens (including phenoxy) is 2. The van der Waals surface area contributed by atoms with Crippen molar-refractivity contribution in [2.24, 2.45) is 0 Å². The first-order valence-corrected chi connectivity index (χ1v) is 14.8. The van der Waals surface area contributed by atoms with Crippen LogP contribution in [0.2, 0.25) is 0 Å². The molecule has 0 aliphatic heterocycles. The molecule has 0 amide bonds. The fourth-order valence-corrected chi connectivity index (χ4v) is 9.99. The van der Waals surface area contributed by atoms with E-state index in [1.807, 2.05) is 0 Å². The van der Waals surface area contributed by atoms with Crippen molar-refractivity contribution in [1.82, 2.24) is 0 Å². The largest absolute Gasteiger partial charge is 0.375 e. The van der Waals surface area contributed by atoms with Crippen LogP contribution >= 0.6 is 7.92 Å². The quantitative estimate of drug-likeness (QED) is 0.368. The normalized spacial score (nSPS) is 27.1. The van der Waals surface area contributed by atoms with Crippen LogP contribution in [0.5, 0.6) is 0 Å². The van der Waals surface area contributed by atoms with E-state index in [9.17, 15) is 0 Å². The summed E-state index contributed by atoms with van der Waals surface area (Å²) in [6.45, 7) is 8.82. The maximum absolute atomic E-state index is 6.63. The van der Waals surface area contributed by atoms with Gasteiger partial charge in [-0.1, -0.05) is 88.2 Å². The lowest BCUT2D eigenvalue weighted by atomic mass is 9.96. The van der Waals surface area contributed by atoms with Crippen LogP contribution in [0.4, 0.5) is 0 Å². The highest BCUT2D eigenvalue weighted by Gasteiger charge is 2.42. The van der Waals surface area contributed by atoms with Gasteiger partial charge in [0.05, 0.1) is 24.4 Å². The Morgan fingerprint density at radius 1 is 0.636 bits per heavy atom. The minimum atomic E-state index is -0.426. The zero-order valence-electron chi connectivity index (χ0n) is 21.1. The molecule has 2 aromatic rings. The molecule has 0 N–H and O–H groups in total. The lowest BCUT2D eigenvalue weighted by Crippen LogP contribution is -2.43. The number of hydrogen-bond acceptors (Lipinski definition) is 2. The van der Waals surface area contributed by atoms with E-state index in [1.54, 1.807) is 5.30 Å². The van der Waals surface area contributed by atoms with E-state index in [0.29, 0.717) is 23.5 Å². The van der Waals surface area contributed by atoms with Crippen LogP contribution in [-0.4, -0.2) is 35.7 Å². The van der Waals surface area contributed by atoms with E-state index in [0.717, 1.165) is 0 Å². The lowest BCUT2D eigenvalue weighted by Gasteiger charge is -2.46. The van der Waals surface area contributed by atoms with E-state index >= 15 is 0 Å². The third-order valence-corrected chi connectivity index (χ3v) is 10.8. The average Bonchev–Trinajstić information content (AvgIpc) is 2.82. The van der Waals surface area contributed by atoms with E-state index in [-0.39, 0.29) is 12.2 Å². The molecule has 2 aliphatic carbocycles. The summed E-state index contributed by atoms with van der Waals surface area (Å²) in [6, 6.07) is 20.3. The molecule has 4 atom stereocenters. The van der Waals surface area contributed by atoms with Gasteiger partial charge in [-0.15, -0.1) is 0 Å². The highest BCUT2D eigenvalue weighted by Crippen LogP contribution is 2.57. The van der Waals surface area contributed by atoms with Crippen LogP contribution in [0.3, 0.4) is 0 Å². The maximum Gasteiger partial charge on any atom is 0.0649 e. The second-order valence-corrected chi connectivity index (χ2v) is 13.1. The molecule has 2 fully saturated rings. The van der Waals surface area contributed by atoms with Crippen molar-refractivity contribution in [3.8, 4) is 11.1 Å². The Kier molecular flexibility index (Phi) is 9.03. The standard InChI is InChI=1S/C30H43O2P/c1-22(2)31-26-17-9-12-20-29(26)33(30-21-13-10-18-27(30)32-23(3)4)28-19-11-8-16-25(28)24-14-6-5-7-15-24/h5-8,11,14-16,19,22-23,26-27,29-30H,9-10,12-13,17-18,20-21H2,1-4H3. The van der Waals surface area contributed by atoms with E-state index < -0.39 is 7.92 Å². The fraction of sp³-hybridized carbons (Fsp3) is 0.600. The molecule has 2 nitrogen and oxygen atoms in total. The molecule has 0 radical (unpaired) electrons. The van der Waals surface area contributed by atoms with Gasteiger partial charge in [0, 0.05) is 11.3 Å². The summed E-state index contributed by atoms with van der Waals surface area (Å²) in [5.41, 5.74) is 3.99.